The van der Waals surface area contributed by atoms with Crippen molar-refractivity contribution < 1.29 is 4.42 Å². The Morgan fingerprint density at radius 3 is 1.45 bits per heavy atom. The van der Waals surface area contributed by atoms with E-state index >= 15 is 0 Å². The standard InChI is InChI=1S/C52H32O/c1-3-15-38-33(12-1)14-11-23-42(38)41-18-6-5-16-39(41)35-24-26-36(27-25-35)50-43-19-7-9-21-45(43)51(46-22-10-8-20-44(46)50)37-28-30-47-49(32-37)53-48-31-29-34-13-2-4-17-40(34)52(47)48/h1-32H. The fourth-order valence-electron chi connectivity index (χ4n) is 8.70. The molecule has 0 N–H and O–H groups in total. The van der Waals surface area contributed by atoms with Crippen LogP contribution >= 0.6 is 0 Å². The molecular weight excluding hydrogens is 641 g/mol. The van der Waals surface area contributed by atoms with E-state index in [4.69, 9.17) is 4.42 Å². The highest BCUT2D eigenvalue weighted by atomic mass is 16.3. The van der Waals surface area contributed by atoms with Gasteiger partial charge in [0.2, 0.25) is 0 Å². The van der Waals surface area contributed by atoms with Gasteiger partial charge in [-0.1, -0.05) is 176 Å². The Bertz CT molecular complexity index is 3150. The SMILES string of the molecule is c1ccc(-c2cccc3ccccc23)c(-c2ccc(-c3c4ccccc4c(-c4ccc5c(c4)oc4ccc6ccccc6c45)c4ccccc34)cc2)c1. The molecule has 0 spiro atoms. The number of furan rings is 1. The molecule has 0 aliphatic carbocycles. The second-order valence-electron chi connectivity index (χ2n) is 14.0. The second-order valence-corrected chi connectivity index (χ2v) is 14.0. The molecule has 0 radical (unpaired) electrons. The zero-order valence-electron chi connectivity index (χ0n) is 28.9. The predicted molar refractivity (Wildman–Crippen MR) is 225 cm³/mol. The fourth-order valence-corrected chi connectivity index (χ4v) is 8.70. The molecule has 0 aliphatic rings. The molecule has 11 rings (SSSR count). The molecule has 1 aromatic heterocycles. The van der Waals surface area contributed by atoms with Gasteiger partial charge in [0.15, 0.2) is 0 Å². The molecule has 0 amide bonds. The van der Waals surface area contributed by atoms with Crippen LogP contribution in [-0.2, 0) is 0 Å². The Balaban J connectivity index is 1.07. The van der Waals surface area contributed by atoms with Crippen LogP contribution in [0, 0.1) is 0 Å². The van der Waals surface area contributed by atoms with E-state index < -0.39 is 0 Å². The maximum Gasteiger partial charge on any atom is 0.136 e. The zero-order chi connectivity index (χ0) is 34.9. The van der Waals surface area contributed by atoms with E-state index in [9.17, 15) is 0 Å². The molecule has 1 nitrogen and oxygen atoms in total. The summed E-state index contributed by atoms with van der Waals surface area (Å²) in [6.45, 7) is 0. The molecule has 1 heterocycles. The topological polar surface area (TPSA) is 13.1 Å². The molecule has 0 atom stereocenters. The van der Waals surface area contributed by atoms with Gasteiger partial charge >= 0.3 is 0 Å². The third-order valence-electron chi connectivity index (χ3n) is 11.1. The molecule has 11 aromatic rings. The van der Waals surface area contributed by atoms with Gasteiger partial charge < -0.3 is 4.42 Å². The van der Waals surface area contributed by atoms with Crippen LogP contribution in [0.15, 0.2) is 199 Å². The van der Waals surface area contributed by atoms with Gasteiger partial charge in [-0.2, -0.15) is 0 Å². The number of rotatable bonds is 4. The summed E-state index contributed by atoms with van der Waals surface area (Å²) in [5.41, 5.74) is 11.6. The summed E-state index contributed by atoms with van der Waals surface area (Å²) in [7, 11) is 0. The van der Waals surface area contributed by atoms with Crippen LogP contribution in [0.3, 0.4) is 0 Å². The number of hydrogen-bond acceptors (Lipinski definition) is 1. The minimum absolute atomic E-state index is 0.908. The molecule has 0 fully saturated rings. The summed E-state index contributed by atoms with van der Waals surface area (Å²) in [5.74, 6) is 0. The van der Waals surface area contributed by atoms with Crippen LogP contribution < -0.4 is 0 Å². The van der Waals surface area contributed by atoms with Gasteiger partial charge in [0, 0.05) is 10.8 Å². The van der Waals surface area contributed by atoms with Crippen molar-refractivity contribution in [1.29, 1.82) is 0 Å². The fraction of sp³-hybridized carbons (Fsp3) is 0. The van der Waals surface area contributed by atoms with Gasteiger partial charge in [0.1, 0.15) is 11.2 Å². The molecule has 0 unspecified atom stereocenters. The first-order valence-corrected chi connectivity index (χ1v) is 18.3. The minimum Gasteiger partial charge on any atom is -0.456 e. The molecule has 1 heteroatoms. The first-order chi connectivity index (χ1) is 26.3. The molecule has 0 saturated carbocycles. The highest BCUT2D eigenvalue weighted by molar-refractivity contribution is 6.23. The first kappa shape index (κ1) is 29.7. The van der Waals surface area contributed by atoms with E-state index in [1.165, 1.54) is 87.4 Å². The van der Waals surface area contributed by atoms with Crippen molar-refractivity contribution in [3.63, 3.8) is 0 Å². The lowest BCUT2D eigenvalue weighted by atomic mass is 9.85. The van der Waals surface area contributed by atoms with Crippen LogP contribution in [0.25, 0.3) is 110 Å². The number of fused-ring (bicyclic) bond motifs is 8. The summed E-state index contributed by atoms with van der Waals surface area (Å²) in [6, 6.07) is 70.5. The molecule has 0 saturated heterocycles. The number of benzene rings is 10. The van der Waals surface area contributed by atoms with E-state index in [0.29, 0.717) is 0 Å². The zero-order valence-corrected chi connectivity index (χ0v) is 28.9. The average Bonchev–Trinajstić information content (AvgIpc) is 3.61. The van der Waals surface area contributed by atoms with Crippen molar-refractivity contribution >= 4 is 65.0 Å². The third kappa shape index (κ3) is 4.64. The average molecular weight is 673 g/mol. The lowest BCUT2D eigenvalue weighted by molar-refractivity contribution is 0.669. The quantitative estimate of drug-likeness (QED) is 0.170. The van der Waals surface area contributed by atoms with Crippen LogP contribution in [-0.4, -0.2) is 0 Å². The summed E-state index contributed by atoms with van der Waals surface area (Å²) in [4.78, 5) is 0. The maximum absolute atomic E-state index is 6.55. The minimum atomic E-state index is 0.908. The van der Waals surface area contributed by atoms with Crippen molar-refractivity contribution in [2.24, 2.45) is 0 Å². The third-order valence-corrected chi connectivity index (χ3v) is 11.1. The van der Waals surface area contributed by atoms with Gasteiger partial charge in [-0.15, -0.1) is 0 Å². The molecule has 53 heavy (non-hydrogen) atoms. The normalized spacial score (nSPS) is 11.8. The Morgan fingerprint density at radius 1 is 0.264 bits per heavy atom. The van der Waals surface area contributed by atoms with E-state index in [0.717, 1.165) is 22.1 Å². The van der Waals surface area contributed by atoms with Gasteiger partial charge in [-0.25, -0.2) is 0 Å². The smallest absolute Gasteiger partial charge is 0.136 e. The highest BCUT2D eigenvalue weighted by Gasteiger charge is 2.19. The maximum atomic E-state index is 6.55. The first-order valence-electron chi connectivity index (χ1n) is 18.3. The Labute approximate surface area is 307 Å². The highest BCUT2D eigenvalue weighted by Crippen LogP contribution is 2.46. The summed E-state index contributed by atoms with van der Waals surface area (Å²) >= 11 is 0. The van der Waals surface area contributed by atoms with Crippen LogP contribution in [0.2, 0.25) is 0 Å². The van der Waals surface area contributed by atoms with E-state index in [2.05, 4.69) is 194 Å². The van der Waals surface area contributed by atoms with Crippen LogP contribution in [0.1, 0.15) is 0 Å². The van der Waals surface area contributed by atoms with Crippen molar-refractivity contribution in [2.45, 2.75) is 0 Å². The molecular formula is C52H32O. The summed E-state index contributed by atoms with van der Waals surface area (Å²) in [5, 5.41) is 12.2. The molecule has 10 aromatic carbocycles. The van der Waals surface area contributed by atoms with Crippen LogP contribution in [0.4, 0.5) is 0 Å². The monoisotopic (exact) mass is 672 g/mol. The summed E-state index contributed by atoms with van der Waals surface area (Å²) < 4.78 is 6.55. The summed E-state index contributed by atoms with van der Waals surface area (Å²) in [6.07, 6.45) is 0. The van der Waals surface area contributed by atoms with Crippen molar-refractivity contribution in [3.05, 3.63) is 194 Å². The van der Waals surface area contributed by atoms with Gasteiger partial charge in [-0.05, 0) is 106 Å². The molecule has 0 bridgehead atoms. The Morgan fingerprint density at radius 2 is 0.755 bits per heavy atom. The van der Waals surface area contributed by atoms with Gasteiger partial charge in [0.25, 0.3) is 0 Å². The Hall–Kier alpha value is -6.96. The van der Waals surface area contributed by atoms with E-state index in [-0.39, 0.29) is 0 Å². The molecule has 246 valence electrons. The van der Waals surface area contributed by atoms with Crippen molar-refractivity contribution in [1.82, 2.24) is 0 Å². The lowest BCUT2D eigenvalue weighted by Crippen LogP contribution is -1.91. The van der Waals surface area contributed by atoms with E-state index in [1.807, 2.05) is 0 Å². The second kappa shape index (κ2) is 11.8. The van der Waals surface area contributed by atoms with E-state index in [1.54, 1.807) is 0 Å². The number of hydrogen-bond donors (Lipinski definition) is 0. The van der Waals surface area contributed by atoms with Crippen molar-refractivity contribution in [3.8, 4) is 44.5 Å². The lowest BCUT2D eigenvalue weighted by Gasteiger charge is -2.18. The predicted octanol–water partition coefficient (Wildman–Crippen LogP) is 14.9. The Kier molecular flexibility index (Phi) is 6.62. The molecule has 0 aliphatic heterocycles. The van der Waals surface area contributed by atoms with Gasteiger partial charge in [0.05, 0.1) is 0 Å². The van der Waals surface area contributed by atoms with Gasteiger partial charge in [-0.3, -0.25) is 0 Å². The van der Waals surface area contributed by atoms with Crippen LogP contribution in [0.5, 0.6) is 0 Å². The van der Waals surface area contributed by atoms with Crippen molar-refractivity contribution in [2.75, 3.05) is 0 Å². The largest absolute Gasteiger partial charge is 0.456 e.